The molecular weight excluding hydrogens is 251 g/mol. The summed E-state index contributed by atoms with van der Waals surface area (Å²) < 4.78 is 14.9. The van der Waals surface area contributed by atoms with Gasteiger partial charge in [0.2, 0.25) is 0 Å². The van der Waals surface area contributed by atoms with Crippen molar-refractivity contribution in [3.8, 4) is 0 Å². The second kappa shape index (κ2) is 4.34. The summed E-state index contributed by atoms with van der Waals surface area (Å²) in [7, 11) is 0. The van der Waals surface area contributed by atoms with Gasteiger partial charge in [-0.25, -0.2) is 9.37 Å². The van der Waals surface area contributed by atoms with Crippen LogP contribution in [0.1, 0.15) is 16.1 Å². The topological polar surface area (TPSA) is 34.4 Å². The molecule has 0 fully saturated rings. The molecule has 0 atom stereocenters. The largest absolute Gasteiger partial charge is 0.297 e. The number of benzene rings is 1. The molecule has 18 heavy (non-hydrogen) atoms. The molecule has 0 saturated carbocycles. The Bertz CT molecular complexity index is 688. The summed E-state index contributed by atoms with van der Waals surface area (Å²) in [4.78, 5) is 17.1. The number of carbonyl (C=O) groups is 1. The number of nitrogens with zero attached hydrogens (tertiary/aromatic N) is 2. The van der Waals surface area contributed by atoms with E-state index >= 15 is 0 Å². The van der Waals surface area contributed by atoms with E-state index in [1.165, 1.54) is 29.5 Å². The average molecular weight is 260 g/mol. The lowest BCUT2D eigenvalue weighted by molar-refractivity contribution is 0.0991. The SMILES string of the molecule is O=C(Cc1cn2ccsc2n1)c1cccc(F)c1. The Morgan fingerprint density at radius 1 is 1.44 bits per heavy atom. The Kier molecular flexibility index (Phi) is 2.68. The van der Waals surface area contributed by atoms with Gasteiger partial charge in [0.05, 0.1) is 12.1 Å². The van der Waals surface area contributed by atoms with Crippen LogP contribution in [0, 0.1) is 5.82 Å². The summed E-state index contributed by atoms with van der Waals surface area (Å²) in [6.07, 6.45) is 3.91. The minimum absolute atomic E-state index is 0.125. The maximum absolute atomic E-state index is 13.0. The molecule has 2 aromatic heterocycles. The third kappa shape index (κ3) is 2.04. The summed E-state index contributed by atoms with van der Waals surface area (Å²) in [5.41, 5.74) is 1.09. The molecular formula is C13H9FN2OS. The fourth-order valence-electron chi connectivity index (χ4n) is 1.79. The third-order valence-electron chi connectivity index (χ3n) is 2.63. The van der Waals surface area contributed by atoms with Gasteiger partial charge in [-0.05, 0) is 12.1 Å². The van der Waals surface area contributed by atoms with Gasteiger partial charge in [-0.1, -0.05) is 12.1 Å². The quantitative estimate of drug-likeness (QED) is 0.678. The maximum atomic E-state index is 13.0. The molecule has 0 aliphatic carbocycles. The Labute approximate surface area is 107 Å². The fourth-order valence-corrected chi connectivity index (χ4v) is 2.51. The first-order chi connectivity index (χ1) is 8.72. The first kappa shape index (κ1) is 11.1. The van der Waals surface area contributed by atoms with E-state index in [2.05, 4.69) is 4.98 Å². The molecule has 0 unspecified atom stereocenters. The van der Waals surface area contributed by atoms with Crippen molar-refractivity contribution in [2.45, 2.75) is 6.42 Å². The highest BCUT2D eigenvalue weighted by Gasteiger charge is 2.11. The predicted molar refractivity (Wildman–Crippen MR) is 67.5 cm³/mol. The molecule has 2 heterocycles. The number of carbonyl (C=O) groups excluding carboxylic acids is 1. The molecule has 0 radical (unpaired) electrons. The van der Waals surface area contributed by atoms with E-state index in [0.717, 1.165) is 4.96 Å². The smallest absolute Gasteiger partial charge is 0.193 e. The highest BCUT2D eigenvalue weighted by Crippen LogP contribution is 2.13. The van der Waals surface area contributed by atoms with Gasteiger partial charge >= 0.3 is 0 Å². The number of rotatable bonds is 3. The van der Waals surface area contributed by atoms with Gasteiger partial charge < -0.3 is 0 Å². The lowest BCUT2D eigenvalue weighted by atomic mass is 10.1. The molecule has 0 bridgehead atoms. The average Bonchev–Trinajstić information content (AvgIpc) is 2.89. The summed E-state index contributed by atoms with van der Waals surface area (Å²) in [5, 5.41) is 1.93. The molecule has 0 amide bonds. The Morgan fingerprint density at radius 2 is 2.33 bits per heavy atom. The minimum Gasteiger partial charge on any atom is -0.297 e. The Balaban J connectivity index is 1.84. The van der Waals surface area contributed by atoms with Crippen molar-refractivity contribution in [2.24, 2.45) is 0 Å². The van der Waals surface area contributed by atoms with Gasteiger partial charge in [0.25, 0.3) is 0 Å². The zero-order chi connectivity index (χ0) is 12.5. The number of fused-ring (bicyclic) bond motifs is 1. The van der Waals surface area contributed by atoms with Crippen LogP contribution in [0.2, 0.25) is 0 Å². The van der Waals surface area contributed by atoms with Crippen LogP contribution >= 0.6 is 11.3 Å². The molecule has 0 spiro atoms. The summed E-state index contributed by atoms with van der Waals surface area (Å²) in [6, 6.07) is 5.72. The fraction of sp³-hybridized carbons (Fsp3) is 0.0769. The zero-order valence-electron chi connectivity index (χ0n) is 9.34. The number of Topliss-reactive ketones (excluding diaryl/α,β-unsaturated/α-hetero) is 1. The summed E-state index contributed by atoms with van der Waals surface area (Å²) >= 11 is 1.51. The van der Waals surface area contributed by atoms with Gasteiger partial charge in [0, 0.05) is 23.3 Å². The number of ketones is 1. The summed E-state index contributed by atoms with van der Waals surface area (Å²) in [5.74, 6) is -0.521. The molecule has 3 aromatic rings. The molecule has 0 N–H and O–H groups in total. The van der Waals surface area contributed by atoms with E-state index in [0.29, 0.717) is 11.3 Å². The van der Waals surface area contributed by atoms with Crippen molar-refractivity contribution in [3.63, 3.8) is 0 Å². The summed E-state index contributed by atoms with van der Waals surface area (Å²) in [6.45, 7) is 0. The van der Waals surface area contributed by atoms with Gasteiger partial charge in [0.15, 0.2) is 10.7 Å². The monoisotopic (exact) mass is 260 g/mol. The number of halogens is 1. The van der Waals surface area contributed by atoms with E-state index in [4.69, 9.17) is 0 Å². The maximum Gasteiger partial charge on any atom is 0.193 e. The molecule has 5 heteroatoms. The van der Waals surface area contributed by atoms with E-state index in [-0.39, 0.29) is 12.2 Å². The molecule has 1 aromatic carbocycles. The number of imidazole rings is 1. The van der Waals surface area contributed by atoms with Crippen LogP contribution in [0.5, 0.6) is 0 Å². The van der Waals surface area contributed by atoms with Crippen LogP contribution in [-0.4, -0.2) is 15.2 Å². The van der Waals surface area contributed by atoms with Crippen molar-refractivity contribution < 1.29 is 9.18 Å². The number of hydrogen-bond acceptors (Lipinski definition) is 3. The third-order valence-corrected chi connectivity index (χ3v) is 3.40. The van der Waals surface area contributed by atoms with E-state index < -0.39 is 5.82 Å². The molecule has 0 aliphatic rings. The number of thiazole rings is 1. The number of aromatic nitrogens is 2. The van der Waals surface area contributed by atoms with Crippen LogP contribution < -0.4 is 0 Å². The van der Waals surface area contributed by atoms with Crippen LogP contribution in [0.25, 0.3) is 4.96 Å². The molecule has 0 aliphatic heterocycles. The van der Waals surface area contributed by atoms with Crippen molar-refractivity contribution >= 4 is 22.1 Å². The predicted octanol–water partition coefficient (Wildman–Crippen LogP) is 2.96. The Hall–Kier alpha value is -2.01. The minimum atomic E-state index is -0.397. The molecule has 90 valence electrons. The lowest BCUT2D eigenvalue weighted by Gasteiger charge is -1.98. The second-order valence-electron chi connectivity index (χ2n) is 3.94. The first-order valence-electron chi connectivity index (χ1n) is 5.42. The second-order valence-corrected chi connectivity index (χ2v) is 4.81. The molecule has 3 rings (SSSR count). The normalized spacial score (nSPS) is 10.9. The zero-order valence-corrected chi connectivity index (χ0v) is 10.2. The van der Waals surface area contributed by atoms with Crippen LogP contribution in [-0.2, 0) is 6.42 Å². The van der Waals surface area contributed by atoms with Gasteiger partial charge in [-0.3, -0.25) is 9.20 Å². The van der Waals surface area contributed by atoms with E-state index in [1.54, 1.807) is 6.07 Å². The molecule has 3 nitrogen and oxygen atoms in total. The van der Waals surface area contributed by atoms with Crippen LogP contribution in [0.3, 0.4) is 0 Å². The van der Waals surface area contributed by atoms with E-state index in [9.17, 15) is 9.18 Å². The van der Waals surface area contributed by atoms with Crippen molar-refractivity contribution in [2.75, 3.05) is 0 Å². The van der Waals surface area contributed by atoms with Gasteiger partial charge in [-0.2, -0.15) is 0 Å². The standard InChI is InChI=1S/C13H9FN2OS/c14-10-3-1-2-9(6-10)12(17)7-11-8-16-4-5-18-13(16)15-11/h1-6,8H,7H2. The van der Waals surface area contributed by atoms with Crippen LogP contribution in [0.4, 0.5) is 4.39 Å². The van der Waals surface area contributed by atoms with Gasteiger partial charge in [-0.15, -0.1) is 11.3 Å². The van der Waals surface area contributed by atoms with Crippen molar-refractivity contribution in [1.82, 2.24) is 9.38 Å². The highest BCUT2D eigenvalue weighted by atomic mass is 32.1. The van der Waals surface area contributed by atoms with E-state index in [1.807, 2.05) is 22.2 Å². The van der Waals surface area contributed by atoms with Crippen molar-refractivity contribution in [3.05, 3.63) is 59.1 Å². The first-order valence-corrected chi connectivity index (χ1v) is 6.30. The lowest BCUT2D eigenvalue weighted by Crippen LogP contribution is -2.04. The number of hydrogen-bond donors (Lipinski definition) is 0. The highest BCUT2D eigenvalue weighted by molar-refractivity contribution is 7.15. The van der Waals surface area contributed by atoms with Crippen LogP contribution in [0.15, 0.2) is 42.0 Å². The Morgan fingerprint density at radius 3 is 3.11 bits per heavy atom. The van der Waals surface area contributed by atoms with Crippen molar-refractivity contribution in [1.29, 1.82) is 0 Å². The molecule has 0 saturated heterocycles. The van der Waals surface area contributed by atoms with Gasteiger partial charge in [0.1, 0.15) is 5.82 Å².